The molecule has 0 aliphatic carbocycles. The van der Waals surface area contributed by atoms with Gasteiger partial charge in [0.2, 0.25) is 11.8 Å². The van der Waals surface area contributed by atoms with Gasteiger partial charge in [-0.1, -0.05) is 25.1 Å². The third-order valence-corrected chi connectivity index (χ3v) is 6.30. The molecule has 3 aromatic rings. The van der Waals surface area contributed by atoms with E-state index in [4.69, 9.17) is 4.42 Å². The Balaban J connectivity index is 1.36. The lowest BCUT2D eigenvalue weighted by atomic mass is 10.1. The molecule has 1 saturated heterocycles. The molecule has 0 bridgehead atoms. The predicted octanol–water partition coefficient (Wildman–Crippen LogP) is 3.69. The molecule has 156 valence electrons. The van der Waals surface area contributed by atoms with Crippen molar-refractivity contribution >= 4 is 40.2 Å². The molecule has 0 unspecified atom stereocenters. The zero-order valence-corrected chi connectivity index (χ0v) is 18.1. The van der Waals surface area contributed by atoms with E-state index in [1.165, 1.54) is 11.3 Å². The number of furan rings is 1. The Morgan fingerprint density at radius 2 is 1.90 bits per heavy atom. The van der Waals surface area contributed by atoms with Crippen molar-refractivity contribution in [3.8, 4) is 0 Å². The number of carbonyl (C=O) groups excluding carboxylic acids is 2. The first kappa shape index (κ1) is 20.3. The first-order valence-corrected chi connectivity index (χ1v) is 11.1. The molecule has 7 heteroatoms. The number of para-hydroxylation sites is 1. The number of amides is 2. The van der Waals surface area contributed by atoms with Crippen LogP contribution in [0.1, 0.15) is 28.9 Å². The molecule has 1 aromatic carbocycles. The summed E-state index contributed by atoms with van der Waals surface area (Å²) >= 11 is 1.52. The van der Waals surface area contributed by atoms with Crippen LogP contribution in [0.5, 0.6) is 0 Å². The summed E-state index contributed by atoms with van der Waals surface area (Å²) in [5, 5.41) is 3.82. The van der Waals surface area contributed by atoms with Crippen LogP contribution >= 0.6 is 11.3 Å². The van der Waals surface area contributed by atoms with Gasteiger partial charge in [-0.05, 0) is 19.1 Å². The van der Waals surface area contributed by atoms with Crippen LogP contribution in [-0.4, -0.2) is 52.8 Å². The van der Waals surface area contributed by atoms with Gasteiger partial charge in [-0.2, -0.15) is 0 Å². The van der Waals surface area contributed by atoms with Crippen molar-refractivity contribution in [3.63, 3.8) is 0 Å². The summed E-state index contributed by atoms with van der Waals surface area (Å²) in [5.41, 5.74) is 2.75. The van der Waals surface area contributed by atoms with Gasteiger partial charge in [-0.25, -0.2) is 4.98 Å². The Morgan fingerprint density at radius 1 is 1.17 bits per heavy atom. The minimum Gasteiger partial charge on any atom is -0.460 e. The molecule has 0 spiro atoms. The van der Waals surface area contributed by atoms with Crippen molar-refractivity contribution in [2.45, 2.75) is 26.7 Å². The highest BCUT2D eigenvalue weighted by atomic mass is 32.1. The molecule has 30 heavy (non-hydrogen) atoms. The molecule has 1 fully saturated rings. The lowest BCUT2D eigenvalue weighted by Crippen LogP contribution is -2.50. The van der Waals surface area contributed by atoms with Crippen molar-refractivity contribution in [1.82, 2.24) is 14.8 Å². The summed E-state index contributed by atoms with van der Waals surface area (Å²) < 4.78 is 5.89. The quantitative estimate of drug-likeness (QED) is 0.587. The van der Waals surface area contributed by atoms with E-state index in [1.807, 2.05) is 54.5 Å². The monoisotopic (exact) mass is 423 g/mol. The SMILES string of the molecule is CCc1oc2ccccc2c1/C=C/C(=O)N1CCN(C(=O)Cc2nc(C)cs2)CC1. The van der Waals surface area contributed by atoms with Crippen LogP contribution in [0.15, 0.2) is 40.1 Å². The van der Waals surface area contributed by atoms with Gasteiger partial charge in [0, 0.05) is 60.7 Å². The van der Waals surface area contributed by atoms with E-state index < -0.39 is 0 Å². The van der Waals surface area contributed by atoms with E-state index in [0.717, 1.165) is 39.4 Å². The number of aryl methyl sites for hydroxylation is 2. The summed E-state index contributed by atoms with van der Waals surface area (Å²) in [6.07, 6.45) is 4.57. The minimum atomic E-state index is -0.0371. The minimum absolute atomic E-state index is 0.0371. The molecule has 4 rings (SSSR count). The molecule has 0 radical (unpaired) electrons. The number of piperazine rings is 1. The van der Waals surface area contributed by atoms with Gasteiger partial charge < -0.3 is 14.2 Å². The highest BCUT2D eigenvalue weighted by Gasteiger charge is 2.24. The van der Waals surface area contributed by atoms with Crippen molar-refractivity contribution in [2.24, 2.45) is 0 Å². The van der Waals surface area contributed by atoms with E-state index >= 15 is 0 Å². The maximum Gasteiger partial charge on any atom is 0.246 e. The van der Waals surface area contributed by atoms with Crippen molar-refractivity contribution in [1.29, 1.82) is 0 Å². The number of aromatic nitrogens is 1. The van der Waals surface area contributed by atoms with Crippen LogP contribution in [0.3, 0.4) is 0 Å². The van der Waals surface area contributed by atoms with E-state index in [0.29, 0.717) is 32.6 Å². The van der Waals surface area contributed by atoms with E-state index in [1.54, 1.807) is 11.0 Å². The number of hydrogen-bond acceptors (Lipinski definition) is 5. The van der Waals surface area contributed by atoms with Crippen molar-refractivity contribution in [2.75, 3.05) is 26.2 Å². The Bertz CT molecular complexity index is 1090. The Morgan fingerprint density at radius 3 is 2.60 bits per heavy atom. The fourth-order valence-corrected chi connectivity index (χ4v) is 4.49. The smallest absolute Gasteiger partial charge is 0.246 e. The Kier molecular flexibility index (Phi) is 5.99. The second kappa shape index (κ2) is 8.83. The topological polar surface area (TPSA) is 66.7 Å². The normalized spacial score (nSPS) is 14.7. The van der Waals surface area contributed by atoms with E-state index in [9.17, 15) is 9.59 Å². The lowest BCUT2D eigenvalue weighted by Gasteiger charge is -2.34. The highest BCUT2D eigenvalue weighted by molar-refractivity contribution is 7.09. The zero-order chi connectivity index (χ0) is 21.1. The third-order valence-electron chi connectivity index (χ3n) is 5.34. The van der Waals surface area contributed by atoms with Crippen LogP contribution in [0.2, 0.25) is 0 Å². The van der Waals surface area contributed by atoms with Gasteiger partial charge in [-0.15, -0.1) is 11.3 Å². The standard InChI is InChI=1S/C23H25N3O3S/c1-3-19-18(17-6-4-5-7-20(17)29-19)8-9-22(27)25-10-12-26(13-11-25)23(28)14-21-24-16(2)15-30-21/h4-9,15H,3,10-14H2,1-2H3/b9-8+. The third kappa shape index (κ3) is 4.31. The number of carbonyl (C=O) groups is 2. The Labute approximate surface area is 179 Å². The van der Waals surface area contributed by atoms with E-state index in [2.05, 4.69) is 4.98 Å². The molecular formula is C23H25N3O3S. The van der Waals surface area contributed by atoms with Gasteiger partial charge in [0.25, 0.3) is 0 Å². The first-order valence-electron chi connectivity index (χ1n) is 10.2. The number of nitrogens with zero attached hydrogens (tertiary/aromatic N) is 3. The molecule has 1 aliphatic rings. The average molecular weight is 424 g/mol. The number of hydrogen-bond donors (Lipinski definition) is 0. The molecule has 0 N–H and O–H groups in total. The van der Waals surface area contributed by atoms with Gasteiger partial charge in [0.1, 0.15) is 16.4 Å². The molecule has 0 atom stereocenters. The fourth-order valence-electron chi connectivity index (χ4n) is 3.72. The van der Waals surface area contributed by atoms with Crippen molar-refractivity contribution in [3.05, 3.63) is 57.7 Å². The van der Waals surface area contributed by atoms with Gasteiger partial charge in [0.05, 0.1) is 6.42 Å². The lowest BCUT2D eigenvalue weighted by molar-refractivity contribution is -0.136. The predicted molar refractivity (Wildman–Crippen MR) is 118 cm³/mol. The zero-order valence-electron chi connectivity index (χ0n) is 17.3. The Hall–Kier alpha value is -2.93. The molecular weight excluding hydrogens is 398 g/mol. The average Bonchev–Trinajstić information content (AvgIpc) is 3.34. The molecule has 3 heterocycles. The fraction of sp³-hybridized carbons (Fsp3) is 0.348. The molecule has 2 aromatic heterocycles. The molecule has 1 aliphatic heterocycles. The van der Waals surface area contributed by atoms with Gasteiger partial charge in [0.15, 0.2) is 0 Å². The highest BCUT2D eigenvalue weighted by Crippen LogP contribution is 2.27. The van der Waals surface area contributed by atoms with Crippen LogP contribution in [-0.2, 0) is 22.4 Å². The second-order valence-corrected chi connectivity index (χ2v) is 8.33. The molecule has 6 nitrogen and oxygen atoms in total. The summed E-state index contributed by atoms with van der Waals surface area (Å²) in [7, 11) is 0. The van der Waals surface area contributed by atoms with Crippen LogP contribution in [0.4, 0.5) is 0 Å². The number of thiazole rings is 1. The summed E-state index contributed by atoms with van der Waals surface area (Å²) in [4.78, 5) is 33.2. The van der Waals surface area contributed by atoms with Crippen LogP contribution < -0.4 is 0 Å². The van der Waals surface area contributed by atoms with Crippen molar-refractivity contribution < 1.29 is 14.0 Å². The summed E-state index contributed by atoms with van der Waals surface area (Å²) in [6, 6.07) is 7.87. The van der Waals surface area contributed by atoms with Crippen LogP contribution in [0, 0.1) is 6.92 Å². The summed E-state index contributed by atoms with van der Waals surface area (Å²) in [6.45, 7) is 6.16. The number of rotatable bonds is 5. The summed E-state index contributed by atoms with van der Waals surface area (Å²) in [5.74, 6) is 0.919. The van der Waals surface area contributed by atoms with E-state index in [-0.39, 0.29) is 11.8 Å². The van der Waals surface area contributed by atoms with Gasteiger partial charge >= 0.3 is 0 Å². The number of benzene rings is 1. The second-order valence-electron chi connectivity index (χ2n) is 7.39. The maximum atomic E-state index is 12.7. The van der Waals surface area contributed by atoms with Crippen LogP contribution in [0.25, 0.3) is 17.0 Å². The number of fused-ring (bicyclic) bond motifs is 1. The van der Waals surface area contributed by atoms with Gasteiger partial charge in [-0.3, -0.25) is 9.59 Å². The first-order chi connectivity index (χ1) is 14.5. The molecule has 2 amide bonds. The maximum absolute atomic E-state index is 12.7. The molecule has 0 saturated carbocycles. The largest absolute Gasteiger partial charge is 0.460 e.